The molecule has 1 aromatic heterocycles. The van der Waals surface area contributed by atoms with Gasteiger partial charge in [-0.1, -0.05) is 34.1 Å². The van der Waals surface area contributed by atoms with Gasteiger partial charge in [-0.05, 0) is 30.0 Å². The number of hydrogen-bond acceptors (Lipinski definition) is 1. The van der Waals surface area contributed by atoms with Gasteiger partial charge in [-0.25, -0.2) is 0 Å². The molecule has 2 nitrogen and oxygen atoms in total. The maximum Gasteiger partial charge on any atom is 0.0245 e. The molecule has 0 radical (unpaired) electrons. The highest BCUT2D eigenvalue weighted by Crippen LogP contribution is 2.08. The summed E-state index contributed by atoms with van der Waals surface area (Å²) in [4.78, 5) is 0. The summed E-state index contributed by atoms with van der Waals surface area (Å²) < 4.78 is 2.31. The molecule has 0 saturated carbocycles. The number of nitrogens with zero attached hydrogens (tertiary/aromatic N) is 1. The van der Waals surface area contributed by atoms with E-state index in [9.17, 15) is 0 Å². The van der Waals surface area contributed by atoms with Crippen LogP contribution in [0.15, 0.2) is 18.5 Å². The molecule has 1 N–H and O–H groups in total. The van der Waals surface area contributed by atoms with Gasteiger partial charge in [0, 0.05) is 25.5 Å². The summed E-state index contributed by atoms with van der Waals surface area (Å²) in [6, 6.07) is 2.22. The summed E-state index contributed by atoms with van der Waals surface area (Å²) in [5.74, 6) is 1.49. The molecular weight excluding hydrogens is 196 g/mol. The van der Waals surface area contributed by atoms with Crippen LogP contribution in [0, 0.1) is 11.8 Å². The molecule has 0 aliphatic rings. The van der Waals surface area contributed by atoms with E-state index in [1.165, 1.54) is 12.0 Å². The van der Waals surface area contributed by atoms with Crippen molar-refractivity contribution in [2.75, 3.05) is 6.54 Å². The highest BCUT2D eigenvalue weighted by molar-refractivity contribution is 5.09. The van der Waals surface area contributed by atoms with Crippen molar-refractivity contribution in [3.8, 4) is 0 Å². The zero-order chi connectivity index (χ0) is 12.0. The van der Waals surface area contributed by atoms with Gasteiger partial charge in [0.1, 0.15) is 0 Å². The van der Waals surface area contributed by atoms with E-state index in [2.05, 4.69) is 56.0 Å². The van der Waals surface area contributed by atoms with Gasteiger partial charge >= 0.3 is 0 Å². The smallest absolute Gasteiger partial charge is 0.0245 e. The Balaban J connectivity index is 2.33. The van der Waals surface area contributed by atoms with Crippen LogP contribution in [0.3, 0.4) is 0 Å². The van der Waals surface area contributed by atoms with Crippen molar-refractivity contribution in [2.24, 2.45) is 11.8 Å². The van der Waals surface area contributed by atoms with Crippen LogP contribution in [-0.4, -0.2) is 11.1 Å². The number of rotatable bonds is 7. The Bertz CT molecular complexity index is 289. The molecule has 1 rings (SSSR count). The van der Waals surface area contributed by atoms with Gasteiger partial charge in [0.25, 0.3) is 0 Å². The largest absolute Gasteiger partial charge is 0.354 e. The molecule has 0 aromatic carbocycles. The molecule has 1 unspecified atom stereocenters. The molecule has 0 bridgehead atoms. The quantitative estimate of drug-likeness (QED) is 0.749. The van der Waals surface area contributed by atoms with Gasteiger partial charge in [0.15, 0.2) is 0 Å². The molecule has 2 heteroatoms. The standard InChI is InChI=1S/C14H26N2/c1-5-13(4)10-16-7-6-14(11-16)9-15-8-12(2)3/h6-7,11-13,15H,5,8-10H2,1-4H3. The van der Waals surface area contributed by atoms with Crippen LogP contribution < -0.4 is 5.32 Å². The highest BCUT2D eigenvalue weighted by Gasteiger charge is 2.01. The second-order valence-electron chi connectivity index (χ2n) is 5.25. The SMILES string of the molecule is CCC(C)Cn1ccc(CNCC(C)C)c1. The molecule has 0 fully saturated rings. The molecule has 1 atom stereocenters. The summed E-state index contributed by atoms with van der Waals surface area (Å²) in [5, 5.41) is 3.47. The molecule has 0 aliphatic carbocycles. The average molecular weight is 222 g/mol. The van der Waals surface area contributed by atoms with E-state index in [-0.39, 0.29) is 0 Å². The molecule has 16 heavy (non-hydrogen) atoms. The fourth-order valence-electron chi connectivity index (χ4n) is 1.70. The molecule has 0 spiro atoms. The van der Waals surface area contributed by atoms with Gasteiger partial charge in [0.05, 0.1) is 0 Å². The van der Waals surface area contributed by atoms with Gasteiger partial charge in [-0.2, -0.15) is 0 Å². The minimum Gasteiger partial charge on any atom is -0.354 e. The second kappa shape index (κ2) is 6.74. The monoisotopic (exact) mass is 222 g/mol. The first-order valence-electron chi connectivity index (χ1n) is 6.47. The molecule has 1 aromatic rings. The van der Waals surface area contributed by atoms with E-state index in [1.54, 1.807) is 0 Å². The van der Waals surface area contributed by atoms with Crippen molar-refractivity contribution in [2.45, 2.75) is 47.2 Å². The molecule has 1 heterocycles. The first-order valence-corrected chi connectivity index (χ1v) is 6.47. The van der Waals surface area contributed by atoms with Crippen LogP contribution in [0.25, 0.3) is 0 Å². The van der Waals surface area contributed by atoms with Crippen molar-refractivity contribution in [1.82, 2.24) is 9.88 Å². The number of nitrogens with one attached hydrogen (secondary N) is 1. The van der Waals surface area contributed by atoms with E-state index >= 15 is 0 Å². The lowest BCUT2D eigenvalue weighted by Gasteiger charge is -2.09. The summed E-state index contributed by atoms with van der Waals surface area (Å²) in [6.07, 6.45) is 5.71. The Hall–Kier alpha value is -0.760. The second-order valence-corrected chi connectivity index (χ2v) is 5.25. The highest BCUT2D eigenvalue weighted by atomic mass is 14.9. The number of hydrogen-bond donors (Lipinski definition) is 1. The van der Waals surface area contributed by atoms with Crippen LogP contribution in [0.4, 0.5) is 0 Å². The van der Waals surface area contributed by atoms with Crippen molar-refractivity contribution >= 4 is 0 Å². The lowest BCUT2D eigenvalue weighted by Crippen LogP contribution is -2.18. The summed E-state index contributed by atoms with van der Waals surface area (Å²) in [5.41, 5.74) is 1.39. The van der Waals surface area contributed by atoms with Gasteiger partial charge in [-0.15, -0.1) is 0 Å². The molecule has 92 valence electrons. The minimum atomic E-state index is 0.724. The Morgan fingerprint density at radius 3 is 2.69 bits per heavy atom. The van der Waals surface area contributed by atoms with E-state index in [1.807, 2.05) is 0 Å². The van der Waals surface area contributed by atoms with Crippen molar-refractivity contribution in [3.05, 3.63) is 24.0 Å². The topological polar surface area (TPSA) is 17.0 Å². The van der Waals surface area contributed by atoms with Crippen molar-refractivity contribution < 1.29 is 0 Å². The van der Waals surface area contributed by atoms with Crippen molar-refractivity contribution in [1.29, 1.82) is 0 Å². The lowest BCUT2D eigenvalue weighted by atomic mass is 10.1. The van der Waals surface area contributed by atoms with Crippen molar-refractivity contribution in [3.63, 3.8) is 0 Å². The normalized spacial score (nSPS) is 13.3. The third kappa shape index (κ3) is 4.84. The van der Waals surface area contributed by atoms with Crippen LogP contribution in [0.1, 0.15) is 39.7 Å². The average Bonchev–Trinajstić information content (AvgIpc) is 2.65. The maximum absolute atomic E-state index is 3.47. The molecular formula is C14H26N2. The third-order valence-corrected chi connectivity index (χ3v) is 2.91. The lowest BCUT2D eigenvalue weighted by molar-refractivity contribution is 0.469. The Morgan fingerprint density at radius 1 is 1.31 bits per heavy atom. The summed E-state index contributed by atoms with van der Waals surface area (Å²) in [6.45, 7) is 12.3. The first kappa shape index (κ1) is 13.3. The predicted molar refractivity (Wildman–Crippen MR) is 70.4 cm³/mol. The molecule has 0 amide bonds. The Morgan fingerprint density at radius 2 is 2.06 bits per heavy atom. The first-order chi connectivity index (χ1) is 7.61. The van der Waals surface area contributed by atoms with E-state index in [0.29, 0.717) is 0 Å². The summed E-state index contributed by atoms with van der Waals surface area (Å²) >= 11 is 0. The van der Waals surface area contributed by atoms with Gasteiger partial charge in [-0.3, -0.25) is 0 Å². The predicted octanol–water partition coefficient (Wildman–Crippen LogP) is 3.28. The van der Waals surface area contributed by atoms with Crippen LogP contribution >= 0.6 is 0 Å². The fraction of sp³-hybridized carbons (Fsp3) is 0.714. The molecule has 0 aliphatic heterocycles. The Kier molecular flexibility index (Phi) is 5.61. The van der Waals surface area contributed by atoms with Gasteiger partial charge in [0.2, 0.25) is 0 Å². The molecule has 0 saturated heterocycles. The van der Waals surface area contributed by atoms with E-state index < -0.39 is 0 Å². The van der Waals surface area contributed by atoms with Crippen LogP contribution in [0.5, 0.6) is 0 Å². The minimum absolute atomic E-state index is 0.724. The number of aromatic nitrogens is 1. The fourth-order valence-corrected chi connectivity index (χ4v) is 1.70. The van der Waals surface area contributed by atoms with E-state index in [4.69, 9.17) is 0 Å². The Labute approximate surface area is 100 Å². The zero-order valence-corrected chi connectivity index (χ0v) is 11.2. The van der Waals surface area contributed by atoms with Crippen LogP contribution in [0.2, 0.25) is 0 Å². The zero-order valence-electron chi connectivity index (χ0n) is 11.2. The maximum atomic E-state index is 3.47. The summed E-state index contributed by atoms with van der Waals surface area (Å²) in [7, 11) is 0. The third-order valence-electron chi connectivity index (χ3n) is 2.91. The van der Waals surface area contributed by atoms with Crippen LogP contribution in [-0.2, 0) is 13.1 Å². The van der Waals surface area contributed by atoms with Gasteiger partial charge < -0.3 is 9.88 Å². The van der Waals surface area contributed by atoms with E-state index in [0.717, 1.165) is 31.5 Å².